The summed E-state index contributed by atoms with van der Waals surface area (Å²) in [6.07, 6.45) is 0.684. The number of benzene rings is 1. The predicted octanol–water partition coefficient (Wildman–Crippen LogP) is 1.28. The average Bonchev–Trinajstić information content (AvgIpc) is 2.54. The Bertz CT molecular complexity index is 688. The molecule has 1 aliphatic rings. The number of hydrogen-bond acceptors (Lipinski definition) is 4. The average molecular weight is 300 g/mol. The zero-order valence-corrected chi connectivity index (χ0v) is 12.1. The van der Waals surface area contributed by atoms with Gasteiger partial charge in [-0.25, -0.2) is 4.79 Å². The van der Waals surface area contributed by atoms with Gasteiger partial charge in [0.15, 0.2) is 0 Å². The molecule has 0 spiro atoms. The van der Waals surface area contributed by atoms with Crippen LogP contribution in [-0.4, -0.2) is 40.6 Å². The standard InChI is InChI=1S/C16H16N2O4/c1-18-7-6-10-4-2-3-5-11(10)8-12(15(19)20)14(16(21)22)13(18)9-17/h2-5,12H,6-8H2,1H3,(H,19,20)(H,21,22)/b14-13+. The summed E-state index contributed by atoms with van der Waals surface area (Å²) in [5, 5.41) is 28.2. The summed E-state index contributed by atoms with van der Waals surface area (Å²) in [6, 6.07) is 9.23. The zero-order chi connectivity index (χ0) is 16.3. The minimum Gasteiger partial charge on any atom is -0.481 e. The van der Waals surface area contributed by atoms with Gasteiger partial charge >= 0.3 is 11.9 Å². The van der Waals surface area contributed by atoms with Gasteiger partial charge in [-0.2, -0.15) is 5.26 Å². The Morgan fingerprint density at radius 3 is 2.45 bits per heavy atom. The number of carbonyl (C=O) groups is 2. The van der Waals surface area contributed by atoms with Gasteiger partial charge in [0.05, 0.1) is 11.5 Å². The number of nitrogens with zero attached hydrogens (tertiary/aromatic N) is 2. The van der Waals surface area contributed by atoms with E-state index in [2.05, 4.69) is 0 Å². The normalized spacial score (nSPS) is 21.8. The number of hydrogen-bond donors (Lipinski definition) is 2. The molecule has 6 nitrogen and oxygen atoms in total. The molecule has 1 aromatic carbocycles. The third kappa shape index (κ3) is 2.93. The van der Waals surface area contributed by atoms with Crippen molar-refractivity contribution in [3.05, 3.63) is 46.7 Å². The maximum atomic E-state index is 11.6. The number of carboxylic acid groups (broad SMARTS) is 2. The van der Waals surface area contributed by atoms with Crippen LogP contribution in [0.1, 0.15) is 11.1 Å². The largest absolute Gasteiger partial charge is 0.481 e. The Hall–Kier alpha value is -2.81. The molecular formula is C16H16N2O4. The molecule has 1 heterocycles. The van der Waals surface area contributed by atoms with Crippen molar-refractivity contribution in [2.45, 2.75) is 12.8 Å². The lowest BCUT2D eigenvalue weighted by Crippen LogP contribution is -2.29. The molecule has 0 bridgehead atoms. The van der Waals surface area contributed by atoms with E-state index in [-0.39, 0.29) is 17.7 Å². The van der Waals surface area contributed by atoms with E-state index in [1.807, 2.05) is 24.3 Å². The van der Waals surface area contributed by atoms with Gasteiger partial charge < -0.3 is 15.1 Å². The minimum absolute atomic E-state index is 0.0617. The molecule has 1 aromatic rings. The van der Waals surface area contributed by atoms with Crippen LogP contribution in [0.25, 0.3) is 0 Å². The van der Waals surface area contributed by atoms with Crippen LogP contribution in [-0.2, 0) is 22.4 Å². The van der Waals surface area contributed by atoms with Crippen molar-refractivity contribution in [1.29, 1.82) is 5.26 Å². The minimum atomic E-state index is -1.37. The molecule has 2 N–H and O–H groups in total. The van der Waals surface area contributed by atoms with Crippen LogP contribution in [0.3, 0.4) is 0 Å². The third-order valence-corrected chi connectivity index (χ3v) is 3.88. The second-order valence-electron chi connectivity index (χ2n) is 5.21. The molecule has 114 valence electrons. The Kier molecular flexibility index (Phi) is 4.47. The maximum Gasteiger partial charge on any atom is 0.335 e. The lowest BCUT2D eigenvalue weighted by Gasteiger charge is -2.20. The van der Waals surface area contributed by atoms with Crippen molar-refractivity contribution < 1.29 is 19.8 Å². The van der Waals surface area contributed by atoms with E-state index in [0.29, 0.717) is 13.0 Å². The van der Waals surface area contributed by atoms with E-state index in [1.54, 1.807) is 13.1 Å². The smallest absolute Gasteiger partial charge is 0.335 e. The SMILES string of the molecule is CN1CCc2ccccc2CC(C(=O)O)/C(C(=O)O)=C\1C#N. The topological polar surface area (TPSA) is 102 Å². The van der Waals surface area contributed by atoms with E-state index in [0.717, 1.165) is 11.1 Å². The summed E-state index contributed by atoms with van der Waals surface area (Å²) in [5.41, 5.74) is 1.34. The van der Waals surface area contributed by atoms with Gasteiger partial charge in [-0.05, 0) is 24.0 Å². The van der Waals surface area contributed by atoms with Gasteiger partial charge in [0.2, 0.25) is 0 Å². The lowest BCUT2D eigenvalue weighted by molar-refractivity contribution is -0.143. The molecule has 0 fully saturated rings. The second-order valence-corrected chi connectivity index (χ2v) is 5.21. The zero-order valence-electron chi connectivity index (χ0n) is 12.1. The molecule has 0 radical (unpaired) electrons. The van der Waals surface area contributed by atoms with E-state index in [9.17, 15) is 25.1 Å². The summed E-state index contributed by atoms with van der Waals surface area (Å²) in [6.45, 7) is 0.447. The maximum absolute atomic E-state index is 11.6. The lowest BCUT2D eigenvalue weighted by atomic mass is 9.88. The van der Waals surface area contributed by atoms with Crippen LogP contribution in [0.4, 0.5) is 0 Å². The third-order valence-electron chi connectivity index (χ3n) is 3.88. The molecule has 1 aliphatic heterocycles. The van der Waals surface area contributed by atoms with Crippen LogP contribution in [0.2, 0.25) is 0 Å². The number of rotatable bonds is 2. The van der Waals surface area contributed by atoms with Crippen molar-refractivity contribution >= 4 is 11.9 Å². The highest BCUT2D eigenvalue weighted by atomic mass is 16.4. The summed E-state index contributed by atoms with van der Waals surface area (Å²) < 4.78 is 0. The summed E-state index contributed by atoms with van der Waals surface area (Å²) in [5.74, 6) is -3.86. The van der Waals surface area contributed by atoms with Gasteiger partial charge in [0.1, 0.15) is 11.8 Å². The molecule has 2 rings (SSSR count). The molecule has 1 unspecified atom stereocenters. The van der Waals surface area contributed by atoms with Crippen LogP contribution in [0.5, 0.6) is 0 Å². The van der Waals surface area contributed by atoms with Crippen molar-refractivity contribution in [1.82, 2.24) is 4.90 Å². The Morgan fingerprint density at radius 2 is 1.91 bits per heavy atom. The highest BCUT2D eigenvalue weighted by Crippen LogP contribution is 2.26. The van der Waals surface area contributed by atoms with Crippen molar-refractivity contribution in [2.75, 3.05) is 13.6 Å². The summed E-state index contributed by atoms with van der Waals surface area (Å²) in [7, 11) is 1.61. The van der Waals surface area contributed by atoms with Crippen LogP contribution >= 0.6 is 0 Å². The fourth-order valence-corrected chi connectivity index (χ4v) is 2.70. The Labute approximate surface area is 127 Å². The van der Waals surface area contributed by atoms with Gasteiger partial charge in [0.25, 0.3) is 0 Å². The van der Waals surface area contributed by atoms with Gasteiger partial charge in [-0.1, -0.05) is 24.3 Å². The molecule has 0 saturated heterocycles. The quantitative estimate of drug-likeness (QED) is 0.853. The van der Waals surface area contributed by atoms with E-state index in [1.165, 1.54) is 4.90 Å². The number of likely N-dealkylation sites (N-methyl/N-ethyl adjacent to an activating group) is 1. The fourth-order valence-electron chi connectivity index (χ4n) is 2.70. The van der Waals surface area contributed by atoms with Crippen LogP contribution in [0.15, 0.2) is 35.5 Å². The van der Waals surface area contributed by atoms with Crippen LogP contribution in [0, 0.1) is 17.2 Å². The molecule has 6 heteroatoms. The van der Waals surface area contributed by atoms with E-state index < -0.39 is 17.9 Å². The first-order valence-electron chi connectivity index (χ1n) is 6.84. The van der Waals surface area contributed by atoms with Gasteiger partial charge in [-0.15, -0.1) is 0 Å². The van der Waals surface area contributed by atoms with Gasteiger partial charge in [0, 0.05) is 13.6 Å². The van der Waals surface area contributed by atoms with E-state index in [4.69, 9.17) is 0 Å². The van der Waals surface area contributed by atoms with Crippen molar-refractivity contribution in [3.63, 3.8) is 0 Å². The number of fused-ring (bicyclic) bond motifs is 1. The van der Waals surface area contributed by atoms with Crippen molar-refractivity contribution in [2.24, 2.45) is 5.92 Å². The first kappa shape index (κ1) is 15.6. The summed E-state index contributed by atoms with van der Waals surface area (Å²) >= 11 is 0. The first-order valence-corrected chi connectivity index (χ1v) is 6.84. The highest BCUT2D eigenvalue weighted by molar-refractivity contribution is 5.95. The molecular weight excluding hydrogens is 284 g/mol. The number of carboxylic acids is 2. The number of allylic oxidation sites excluding steroid dienone is 1. The fraction of sp³-hybridized carbons (Fsp3) is 0.312. The predicted molar refractivity (Wildman–Crippen MR) is 77.9 cm³/mol. The molecule has 0 amide bonds. The molecule has 22 heavy (non-hydrogen) atoms. The molecule has 0 aliphatic carbocycles. The number of aliphatic carboxylic acids is 2. The monoisotopic (exact) mass is 300 g/mol. The van der Waals surface area contributed by atoms with Gasteiger partial charge in [-0.3, -0.25) is 4.79 Å². The Morgan fingerprint density at radius 1 is 1.27 bits per heavy atom. The summed E-state index contributed by atoms with van der Waals surface area (Å²) in [4.78, 5) is 24.7. The second kappa shape index (κ2) is 6.31. The highest BCUT2D eigenvalue weighted by Gasteiger charge is 2.33. The van der Waals surface area contributed by atoms with E-state index >= 15 is 0 Å². The molecule has 1 atom stereocenters. The molecule has 0 saturated carbocycles. The number of nitriles is 1. The van der Waals surface area contributed by atoms with Crippen molar-refractivity contribution in [3.8, 4) is 6.07 Å². The molecule has 0 aromatic heterocycles. The van der Waals surface area contributed by atoms with Crippen LogP contribution < -0.4 is 0 Å². The Balaban J connectivity index is 2.64. The first-order chi connectivity index (χ1) is 10.5.